The summed E-state index contributed by atoms with van der Waals surface area (Å²) >= 11 is 1.08. The van der Waals surface area contributed by atoms with E-state index < -0.39 is 31.9 Å². The minimum Gasteiger partial charge on any atom is -0.396 e. The molecule has 0 heterocycles. The molecule has 1 rings (SSSR count). The monoisotopic (exact) mass is 462 g/mol. The van der Waals surface area contributed by atoms with Crippen molar-refractivity contribution in [1.29, 1.82) is 0 Å². The Bertz CT molecular complexity index is 769. The van der Waals surface area contributed by atoms with Crippen LogP contribution in [-0.2, 0) is 18.7 Å². The number of aliphatic hydroxyl groups excluding tert-OH is 1. The van der Waals surface area contributed by atoms with E-state index in [1.807, 2.05) is 6.07 Å². The number of hydrogen-bond donors (Lipinski definition) is 5. The van der Waals surface area contributed by atoms with Crippen molar-refractivity contribution in [2.45, 2.75) is 26.4 Å². The van der Waals surface area contributed by atoms with Crippen LogP contribution in [0.3, 0.4) is 0 Å². The van der Waals surface area contributed by atoms with Crippen molar-refractivity contribution >= 4 is 36.5 Å². The van der Waals surface area contributed by atoms with Gasteiger partial charge in [-0.05, 0) is 0 Å². The van der Waals surface area contributed by atoms with Gasteiger partial charge in [0, 0.05) is 36.2 Å². The van der Waals surface area contributed by atoms with Gasteiger partial charge in [0.25, 0.3) is 0 Å². The molecule has 5 N–H and O–H groups in total. The van der Waals surface area contributed by atoms with Gasteiger partial charge in [-0.15, -0.1) is 0 Å². The minimum atomic E-state index is -4.97. The van der Waals surface area contributed by atoms with Crippen LogP contribution >= 0.6 is 19.6 Å². The van der Waals surface area contributed by atoms with Crippen LogP contribution in [0.1, 0.15) is 30.6 Å². The number of amides is 2. The number of phosphoric acid groups is 1. The zero-order chi connectivity index (χ0) is 22.8. The molecular weight excluding hydrogens is 435 g/mol. The van der Waals surface area contributed by atoms with E-state index in [2.05, 4.69) is 15.2 Å². The summed E-state index contributed by atoms with van der Waals surface area (Å²) < 4.78 is 15.6. The number of rotatable bonds is 12. The van der Waals surface area contributed by atoms with Gasteiger partial charge in [0.15, 0.2) is 6.10 Å². The molecule has 1 atom stereocenters. The van der Waals surface area contributed by atoms with Crippen LogP contribution in [0.25, 0.3) is 0 Å². The van der Waals surface area contributed by atoms with Crippen molar-refractivity contribution in [2.24, 2.45) is 5.41 Å². The van der Waals surface area contributed by atoms with Crippen molar-refractivity contribution in [3.05, 3.63) is 35.9 Å². The Hall–Kier alpha value is -1.75. The standard InChI is InChI=1S/C18H27N2O8PS/c1-18(2,12-21)15(28-29(25,26)27)16(23)20-9-8-14(22)19-10-11-30-17(24)13-6-4-3-5-7-13/h3-7,15,21H,8-12H2,1-2H3,(H,19,22)(H,20,23)(H2,25,26,27)/t15-/m0/s1. The summed E-state index contributed by atoms with van der Waals surface area (Å²) in [6, 6.07) is 8.75. The Labute approximate surface area is 179 Å². The fourth-order valence-electron chi connectivity index (χ4n) is 2.24. The molecule has 0 bridgehead atoms. The van der Waals surface area contributed by atoms with Crippen molar-refractivity contribution in [1.82, 2.24) is 10.6 Å². The van der Waals surface area contributed by atoms with Crippen LogP contribution in [0.5, 0.6) is 0 Å². The molecule has 1 aromatic carbocycles. The average molecular weight is 462 g/mol. The van der Waals surface area contributed by atoms with E-state index in [1.54, 1.807) is 24.3 Å². The summed E-state index contributed by atoms with van der Waals surface area (Å²) in [7, 11) is -4.97. The molecule has 1 aromatic rings. The van der Waals surface area contributed by atoms with Gasteiger partial charge in [-0.3, -0.25) is 18.9 Å². The molecule has 0 saturated heterocycles. The molecule has 0 aliphatic heterocycles. The molecule has 0 saturated carbocycles. The molecule has 2 amide bonds. The number of carbonyl (C=O) groups excluding carboxylic acids is 3. The second-order valence-corrected chi connectivity index (χ2v) is 9.28. The Morgan fingerprint density at radius 2 is 1.77 bits per heavy atom. The summed E-state index contributed by atoms with van der Waals surface area (Å²) in [6.45, 7) is 2.44. The van der Waals surface area contributed by atoms with Crippen LogP contribution in [0.15, 0.2) is 30.3 Å². The molecular formula is C18H27N2O8PS. The van der Waals surface area contributed by atoms with Gasteiger partial charge in [-0.2, -0.15) is 0 Å². The molecule has 0 aliphatic carbocycles. The van der Waals surface area contributed by atoms with Crippen LogP contribution in [0, 0.1) is 5.41 Å². The van der Waals surface area contributed by atoms with Crippen molar-refractivity contribution < 1.29 is 38.4 Å². The first kappa shape index (κ1) is 26.3. The van der Waals surface area contributed by atoms with E-state index in [0.29, 0.717) is 11.3 Å². The average Bonchev–Trinajstić information content (AvgIpc) is 2.69. The lowest BCUT2D eigenvalue weighted by Crippen LogP contribution is -2.47. The number of phosphoric ester groups is 1. The maximum Gasteiger partial charge on any atom is 0.470 e. The lowest BCUT2D eigenvalue weighted by molar-refractivity contribution is -0.136. The maximum absolute atomic E-state index is 12.2. The quantitative estimate of drug-likeness (QED) is 0.222. The van der Waals surface area contributed by atoms with Gasteiger partial charge >= 0.3 is 7.82 Å². The number of carbonyl (C=O) groups is 3. The summed E-state index contributed by atoms with van der Waals surface area (Å²) in [4.78, 5) is 53.9. The molecule has 30 heavy (non-hydrogen) atoms. The Kier molecular flexibility index (Phi) is 10.7. The second kappa shape index (κ2) is 12.2. The summed E-state index contributed by atoms with van der Waals surface area (Å²) in [6.07, 6.45) is -1.68. The van der Waals surface area contributed by atoms with Gasteiger partial charge in [-0.25, -0.2) is 4.57 Å². The van der Waals surface area contributed by atoms with Gasteiger partial charge in [0.1, 0.15) is 0 Å². The van der Waals surface area contributed by atoms with Crippen LogP contribution < -0.4 is 10.6 Å². The molecule has 12 heteroatoms. The fraction of sp³-hybridized carbons (Fsp3) is 0.500. The van der Waals surface area contributed by atoms with E-state index in [1.165, 1.54) is 13.8 Å². The SMILES string of the molecule is CC(C)(CO)[C@@H](OP(=O)(O)O)C(=O)NCCC(=O)NCCSC(=O)c1ccccc1. The van der Waals surface area contributed by atoms with Crippen LogP contribution in [-0.4, -0.2) is 63.4 Å². The summed E-state index contributed by atoms with van der Waals surface area (Å²) in [5.74, 6) is -0.833. The van der Waals surface area contributed by atoms with Crippen molar-refractivity contribution in [2.75, 3.05) is 25.4 Å². The third-order valence-electron chi connectivity index (χ3n) is 3.92. The van der Waals surface area contributed by atoms with Gasteiger partial charge < -0.3 is 25.5 Å². The van der Waals surface area contributed by atoms with Gasteiger partial charge in [0.2, 0.25) is 16.9 Å². The number of hydrogen-bond acceptors (Lipinski definition) is 7. The smallest absolute Gasteiger partial charge is 0.396 e. The third kappa shape index (κ3) is 9.84. The Morgan fingerprint density at radius 1 is 1.13 bits per heavy atom. The highest BCUT2D eigenvalue weighted by Crippen LogP contribution is 2.41. The van der Waals surface area contributed by atoms with Gasteiger partial charge in [-0.1, -0.05) is 55.9 Å². The molecule has 0 fully saturated rings. The zero-order valence-corrected chi connectivity index (χ0v) is 18.4. The summed E-state index contributed by atoms with van der Waals surface area (Å²) in [5.41, 5.74) is -0.676. The first-order chi connectivity index (χ1) is 14.0. The molecule has 0 aromatic heterocycles. The Morgan fingerprint density at radius 3 is 2.33 bits per heavy atom. The number of nitrogens with one attached hydrogen (secondary N) is 2. The Balaban J connectivity index is 2.35. The highest BCUT2D eigenvalue weighted by atomic mass is 32.2. The molecule has 0 unspecified atom stereocenters. The minimum absolute atomic E-state index is 0.0782. The largest absolute Gasteiger partial charge is 0.470 e. The zero-order valence-electron chi connectivity index (χ0n) is 16.7. The third-order valence-corrected chi connectivity index (χ3v) is 5.31. The molecule has 0 radical (unpaired) electrons. The normalized spacial score (nSPS) is 12.8. The van der Waals surface area contributed by atoms with Crippen LogP contribution in [0.2, 0.25) is 0 Å². The number of thioether (sulfide) groups is 1. The van der Waals surface area contributed by atoms with Crippen molar-refractivity contribution in [3.63, 3.8) is 0 Å². The first-order valence-electron chi connectivity index (χ1n) is 9.07. The predicted octanol–water partition coefficient (Wildman–Crippen LogP) is 0.679. The number of aliphatic hydroxyl groups is 1. The fourth-order valence-corrected chi connectivity index (χ4v) is 3.59. The highest BCUT2D eigenvalue weighted by Gasteiger charge is 2.40. The maximum atomic E-state index is 12.2. The molecule has 168 valence electrons. The van der Waals surface area contributed by atoms with E-state index in [4.69, 9.17) is 9.79 Å². The molecule has 0 aliphatic rings. The lowest BCUT2D eigenvalue weighted by Gasteiger charge is -2.31. The van der Waals surface area contributed by atoms with E-state index >= 15 is 0 Å². The van der Waals surface area contributed by atoms with Crippen molar-refractivity contribution in [3.8, 4) is 0 Å². The highest BCUT2D eigenvalue weighted by molar-refractivity contribution is 8.14. The van der Waals surface area contributed by atoms with Gasteiger partial charge in [0.05, 0.1) is 6.61 Å². The number of benzene rings is 1. The lowest BCUT2D eigenvalue weighted by atomic mass is 9.87. The molecule has 10 nitrogen and oxygen atoms in total. The molecule has 0 spiro atoms. The van der Waals surface area contributed by atoms with E-state index in [0.717, 1.165) is 11.8 Å². The predicted molar refractivity (Wildman–Crippen MR) is 112 cm³/mol. The van der Waals surface area contributed by atoms with Crippen LogP contribution in [0.4, 0.5) is 0 Å². The first-order valence-corrected chi connectivity index (χ1v) is 11.6. The summed E-state index contributed by atoms with van der Waals surface area (Å²) in [5, 5.41) is 14.2. The second-order valence-electron chi connectivity index (χ2n) is 7.02. The topological polar surface area (TPSA) is 162 Å². The van der Waals surface area contributed by atoms with E-state index in [-0.39, 0.29) is 30.5 Å². The van der Waals surface area contributed by atoms with E-state index in [9.17, 15) is 24.1 Å².